The van der Waals surface area contributed by atoms with E-state index in [1.165, 1.54) is 24.3 Å². The van der Waals surface area contributed by atoms with Crippen LogP contribution in [-0.4, -0.2) is 39.1 Å². The first-order valence-corrected chi connectivity index (χ1v) is 22.7. The normalized spacial score (nSPS) is 11.8. The van der Waals surface area contributed by atoms with Crippen molar-refractivity contribution in [2.24, 2.45) is 0 Å². The fourth-order valence-electron chi connectivity index (χ4n) is 9.24. The van der Waals surface area contributed by atoms with E-state index in [9.17, 15) is 30.6 Å². The van der Waals surface area contributed by atoms with Gasteiger partial charge in [0, 0.05) is 70.2 Å². The molecule has 0 bridgehead atoms. The van der Waals surface area contributed by atoms with Crippen LogP contribution in [0.25, 0.3) is 43.1 Å². The molecule has 0 spiro atoms. The van der Waals surface area contributed by atoms with Crippen LogP contribution < -0.4 is 0 Å². The molecule has 0 saturated heterocycles. The van der Waals surface area contributed by atoms with Gasteiger partial charge in [0.25, 0.3) is 0 Å². The third kappa shape index (κ3) is 7.45. The molecule has 0 amide bonds. The molecule has 6 N–H and O–H groups in total. The minimum Gasteiger partial charge on any atom is -0.508 e. The van der Waals surface area contributed by atoms with E-state index in [2.05, 4.69) is 0 Å². The van der Waals surface area contributed by atoms with Gasteiger partial charge in [-0.15, -0.1) is 0 Å². The number of rotatable bonds is 10. The number of hydrogen-bond acceptors (Lipinski definition) is 8. The van der Waals surface area contributed by atoms with E-state index < -0.39 is 9.84 Å². The van der Waals surface area contributed by atoms with Gasteiger partial charge in [0.2, 0.25) is 9.84 Å². The fourth-order valence-corrected chi connectivity index (χ4v) is 10.7. The van der Waals surface area contributed by atoms with Crippen LogP contribution in [0.4, 0.5) is 0 Å². The predicted molar refractivity (Wildman–Crippen MR) is 255 cm³/mol. The number of fused-ring (bicyclic) bond motifs is 4. The Morgan fingerprint density at radius 2 is 0.538 bits per heavy atom. The van der Waals surface area contributed by atoms with Crippen LogP contribution in [0.2, 0.25) is 0 Å². The standard InChI is InChI=1S/C56H42O8S/c57-51-21-17-33-9-1-5-13-43(33)47(51)29-37-25-41(26-38(55(37)61)30-48-44-14-6-2-10-34(44)18-22-52(48)58)65(63,64)42-27-39(31-49-45-15-7-3-11-35(45)19-23-53(49)59)56(62)40(28-42)32-50-46-16-8-4-12-36(46)20-24-54(50)60/h1-28,57-62H,29-32H2. The SMILES string of the molecule is O=S(=O)(c1cc(Cc2c(O)ccc3ccccc23)c(O)c(Cc2c(O)ccc3ccccc23)c1)c1cc(Cc2c(O)ccc3ccccc23)c(O)c(Cc2c(O)ccc3ccccc23)c1. The van der Waals surface area contributed by atoms with Gasteiger partial charge in [-0.05, 0) is 91.6 Å². The van der Waals surface area contributed by atoms with Crippen LogP contribution in [0.5, 0.6) is 34.5 Å². The van der Waals surface area contributed by atoms with Gasteiger partial charge in [0.15, 0.2) is 0 Å². The first-order valence-electron chi connectivity index (χ1n) is 21.2. The number of hydrogen-bond donors (Lipinski definition) is 6. The first kappa shape index (κ1) is 41.0. The van der Waals surface area contributed by atoms with Crippen molar-refractivity contribution in [3.8, 4) is 34.5 Å². The highest BCUT2D eigenvalue weighted by molar-refractivity contribution is 7.91. The molecule has 0 aliphatic rings. The van der Waals surface area contributed by atoms with Gasteiger partial charge < -0.3 is 30.6 Å². The summed E-state index contributed by atoms with van der Waals surface area (Å²) >= 11 is 0. The van der Waals surface area contributed by atoms with Gasteiger partial charge in [-0.2, -0.15) is 0 Å². The number of phenolic OH excluding ortho intramolecular Hbond substituents is 6. The molecule has 10 aromatic rings. The Bertz CT molecular complexity index is 3200. The summed E-state index contributed by atoms with van der Waals surface area (Å²) in [6.45, 7) is 0. The maximum atomic E-state index is 15.4. The molecule has 0 aromatic heterocycles. The molecular weight excluding hydrogens is 833 g/mol. The highest BCUT2D eigenvalue weighted by Gasteiger charge is 2.27. The van der Waals surface area contributed by atoms with Crippen molar-refractivity contribution in [1.29, 1.82) is 0 Å². The Morgan fingerprint density at radius 3 is 0.785 bits per heavy atom. The highest BCUT2D eigenvalue weighted by atomic mass is 32.2. The Balaban J connectivity index is 1.18. The van der Waals surface area contributed by atoms with Gasteiger partial charge in [-0.3, -0.25) is 0 Å². The summed E-state index contributed by atoms with van der Waals surface area (Å²) in [6.07, 6.45) is -0.152. The molecule has 65 heavy (non-hydrogen) atoms. The van der Waals surface area contributed by atoms with Crippen LogP contribution in [0.1, 0.15) is 44.5 Å². The Labute approximate surface area is 374 Å². The molecule has 0 fully saturated rings. The zero-order chi connectivity index (χ0) is 45.0. The Hall–Kier alpha value is -8.01. The van der Waals surface area contributed by atoms with Gasteiger partial charge in [-0.25, -0.2) is 8.42 Å². The molecule has 320 valence electrons. The minimum atomic E-state index is -4.51. The zero-order valence-electron chi connectivity index (χ0n) is 34.9. The second-order valence-corrected chi connectivity index (χ2v) is 18.5. The van der Waals surface area contributed by atoms with Crippen molar-refractivity contribution in [1.82, 2.24) is 0 Å². The average Bonchev–Trinajstić information content (AvgIpc) is 3.32. The van der Waals surface area contributed by atoms with Crippen LogP contribution in [0.15, 0.2) is 180 Å². The maximum Gasteiger partial charge on any atom is 0.206 e. The highest BCUT2D eigenvalue weighted by Crippen LogP contribution is 2.42. The summed E-state index contributed by atoms with van der Waals surface area (Å²) in [5, 5.41) is 75.5. The van der Waals surface area contributed by atoms with E-state index in [1.807, 2.05) is 97.1 Å². The fraction of sp³-hybridized carbons (Fsp3) is 0.0714. The van der Waals surface area contributed by atoms with Crippen molar-refractivity contribution in [2.45, 2.75) is 35.5 Å². The van der Waals surface area contributed by atoms with Crippen molar-refractivity contribution in [2.75, 3.05) is 0 Å². The lowest BCUT2D eigenvalue weighted by atomic mass is 9.92. The summed E-state index contributed by atoms with van der Waals surface area (Å²) in [4.78, 5) is -0.327. The van der Waals surface area contributed by atoms with E-state index in [0.717, 1.165) is 43.1 Å². The summed E-state index contributed by atoms with van der Waals surface area (Å²) in [5.41, 5.74) is 2.88. The first-order chi connectivity index (χ1) is 31.4. The summed E-state index contributed by atoms with van der Waals surface area (Å²) < 4.78 is 30.9. The molecule has 10 aromatic carbocycles. The smallest absolute Gasteiger partial charge is 0.206 e. The van der Waals surface area contributed by atoms with E-state index in [1.54, 1.807) is 48.5 Å². The van der Waals surface area contributed by atoms with Crippen LogP contribution >= 0.6 is 0 Å². The lowest BCUT2D eigenvalue weighted by Gasteiger charge is -2.19. The molecule has 0 radical (unpaired) electrons. The van der Waals surface area contributed by atoms with Gasteiger partial charge in [-0.1, -0.05) is 121 Å². The largest absolute Gasteiger partial charge is 0.508 e. The number of aromatic hydroxyl groups is 6. The Morgan fingerprint density at radius 1 is 0.308 bits per heavy atom. The van der Waals surface area contributed by atoms with E-state index in [-0.39, 0.29) is 92.2 Å². The zero-order valence-corrected chi connectivity index (χ0v) is 35.7. The molecule has 8 nitrogen and oxygen atoms in total. The third-order valence-electron chi connectivity index (χ3n) is 12.6. The van der Waals surface area contributed by atoms with E-state index >= 15 is 8.42 Å². The predicted octanol–water partition coefficient (Wildman–Crippen LogP) is 11.7. The van der Waals surface area contributed by atoms with Gasteiger partial charge in [0.1, 0.15) is 34.5 Å². The van der Waals surface area contributed by atoms with Gasteiger partial charge >= 0.3 is 0 Å². The number of benzene rings is 10. The lowest BCUT2D eigenvalue weighted by molar-refractivity contribution is 0.456. The maximum absolute atomic E-state index is 15.4. The molecule has 0 unspecified atom stereocenters. The summed E-state index contributed by atoms with van der Waals surface area (Å²) in [5.74, 6) is -0.463. The van der Waals surface area contributed by atoms with Crippen LogP contribution in [0.3, 0.4) is 0 Å². The molecule has 0 aliphatic carbocycles. The summed E-state index contributed by atoms with van der Waals surface area (Å²) in [6, 6.07) is 49.1. The molecule has 0 saturated carbocycles. The van der Waals surface area contributed by atoms with Crippen molar-refractivity contribution < 1.29 is 39.1 Å². The topological polar surface area (TPSA) is 156 Å². The van der Waals surface area contributed by atoms with Crippen molar-refractivity contribution in [3.63, 3.8) is 0 Å². The van der Waals surface area contributed by atoms with Crippen LogP contribution in [0, 0.1) is 0 Å². The molecule has 9 heteroatoms. The summed E-state index contributed by atoms with van der Waals surface area (Å²) in [7, 11) is -4.51. The average molecular weight is 875 g/mol. The molecule has 0 aliphatic heterocycles. The van der Waals surface area contributed by atoms with Gasteiger partial charge in [0.05, 0.1) is 9.79 Å². The molecular formula is C56H42O8S. The van der Waals surface area contributed by atoms with E-state index in [4.69, 9.17) is 0 Å². The Kier molecular flexibility index (Phi) is 10.3. The van der Waals surface area contributed by atoms with Crippen molar-refractivity contribution in [3.05, 3.63) is 214 Å². The number of phenols is 6. The minimum absolute atomic E-state index is 0.0224. The monoisotopic (exact) mass is 874 g/mol. The molecule has 0 atom stereocenters. The lowest BCUT2D eigenvalue weighted by Crippen LogP contribution is -2.08. The molecule has 10 rings (SSSR count). The van der Waals surface area contributed by atoms with E-state index in [0.29, 0.717) is 22.3 Å². The van der Waals surface area contributed by atoms with Crippen LogP contribution in [-0.2, 0) is 35.5 Å². The second-order valence-electron chi connectivity index (χ2n) is 16.5. The quantitative estimate of drug-likeness (QED) is 0.0793. The third-order valence-corrected chi connectivity index (χ3v) is 14.3. The van der Waals surface area contributed by atoms with Crippen molar-refractivity contribution >= 4 is 52.9 Å². The second kappa shape index (κ2) is 16.3. The molecule has 0 heterocycles. The number of sulfone groups is 1.